The molecule has 0 radical (unpaired) electrons. The van der Waals surface area contributed by atoms with Gasteiger partial charge in [-0.1, -0.05) is 69.0 Å². The number of ether oxygens (including phenoxy) is 2. The maximum Gasteiger partial charge on any atom is 0.307 e. The molecular weight excluding hydrogens is 484 g/mol. The number of ketones is 3. The fourth-order valence-corrected chi connectivity index (χ4v) is 6.33. The van der Waals surface area contributed by atoms with Crippen LogP contribution in [0.3, 0.4) is 0 Å². The van der Waals surface area contributed by atoms with E-state index in [0.717, 1.165) is 0 Å². The zero-order valence-corrected chi connectivity index (χ0v) is 22.4. The second kappa shape index (κ2) is 10.5. The number of carbonyl (C=O) groups is 5. The number of hydrogen-bond donors (Lipinski definition) is 0. The predicted molar refractivity (Wildman–Crippen MR) is 142 cm³/mol. The number of Topliss-reactive ketones (excluding diaryl/α,β-unsaturated/α-hetero) is 3. The number of carbonyl (C=O) groups excluding carboxylic acids is 5. The zero-order valence-electron chi connectivity index (χ0n) is 22.4. The van der Waals surface area contributed by atoms with Crippen LogP contribution in [0.15, 0.2) is 79.6 Å². The Labute approximate surface area is 223 Å². The Kier molecular flexibility index (Phi) is 7.91. The van der Waals surface area contributed by atoms with Crippen molar-refractivity contribution in [3.8, 4) is 0 Å². The summed E-state index contributed by atoms with van der Waals surface area (Å²) in [6.07, 6.45) is 3.47. The molecule has 3 rings (SSSR count). The van der Waals surface area contributed by atoms with E-state index in [1.165, 1.54) is 32.1 Å². The largest absolute Gasteiger partial charge is 0.458 e. The monoisotopic (exact) mass is 518 g/mol. The summed E-state index contributed by atoms with van der Waals surface area (Å²) in [6.45, 7) is 17.2. The minimum atomic E-state index is -2.20. The van der Waals surface area contributed by atoms with Crippen molar-refractivity contribution < 1.29 is 33.4 Å². The van der Waals surface area contributed by atoms with E-state index in [0.29, 0.717) is 0 Å². The number of fused-ring (bicyclic) bond motifs is 2. The Morgan fingerprint density at radius 2 is 1.66 bits per heavy atom. The lowest BCUT2D eigenvalue weighted by atomic mass is 9.39. The normalized spacial score (nSPS) is 26.7. The molecule has 0 heterocycles. The smallest absolute Gasteiger partial charge is 0.307 e. The molecule has 7 nitrogen and oxygen atoms in total. The summed E-state index contributed by atoms with van der Waals surface area (Å²) in [7, 11) is 0. The standard InChI is InChI=1S/C31H34O7/c1-8-14-22-26(35)31(25(34)21-15-12-11-13-16-21)28(36)30(17-9-2,27(22)38-20(5)33)18-23(29(31,6)7)24(10-3)37-19(4)32/h8-13,15-16,23-24H,1-3,14,17-18H2,4-7H3/t23-,24+,30+,31-/m0/s1. The van der Waals surface area contributed by atoms with Gasteiger partial charge in [0.2, 0.25) is 0 Å². The van der Waals surface area contributed by atoms with Crippen LogP contribution in [-0.2, 0) is 28.7 Å². The van der Waals surface area contributed by atoms with Gasteiger partial charge in [-0.3, -0.25) is 24.0 Å². The number of esters is 2. The number of rotatable bonds is 10. The minimum Gasteiger partial charge on any atom is -0.458 e. The van der Waals surface area contributed by atoms with Crippen molar-refractivity contribution in [3.63, 3.8) is 0 Å². The lowest BCUT2D eigenvalue weighted by Gasteiger charge is -2.60. The Balaban J connectivity index is 2.53. The molecular formula is C31H34O7. The first-order chi connectivity index (χ1) is 17.9. The fraction of sp³-hybridized carbons (Fsp3) is 0.387. The number of benzene rings is 1. The molecule has 0 unspecified atom stereocenters. The molecule has 2 aliphatic rings. The van der Waals surface area contributed by atoms with E-state index in [1.807, 2.05) is 0 Å². The Morgan fingerprint density at radius 1 is 1.03 bits per heavy atom. The lowest BCUT2D eigenvalue weighted by molar-refractivity contribution is -0.175. The molecule has 0 aliphatic heterocycles. The number of allylic oxidation sites excluding steroid dienone is 4. The van der Waals surface area contributed by atoms with Crippen molar-refractivity contribution in [2.75, 3.05) is 0 Å². The molecule has 1 fully saturated rings. The first-order valence-corrected chi connectivity index (χ1v) is 12.5. The van der Waals surface area contributed by atoms with Gasteiger partial charge < -0.3 is 9.47 Å². The summed E-state index contributed by atoms with van der Waals surface area (Å²) in [5.41, 5.74) is -4.90. The van der Waals surface area contributed by atoms with Crippen LogP contribution < -0.4 is 0 Å². The topological polar surface area (TPSA) is 104 Å². The van der Waals surface area contributed by atoms with Crippen LogP contribution in [-0.4, -0.2) is 35.4 Å². The third-order valence-electron chi connectivity index (χ3n) is 7.96. The summed E-state index contributed by atoms with van der Waals surface area (Å²) in [4.78, 5) is 68.3. The van der Waals surface area contributed by atoms with Crippen molar-refractivity contribution in [1.29, 1.82) is 0 Å². The molecule has 2 bridgehead atoms. The van der Waals surface area contributed by atoms with E-state index in [1.54, 1.807) is 44.2 Å². The quantitative estimate of drug-likeness (QED) is 0.183. The lowest BCUT2D eigenvalue weighted by Crippen LogP contribution is -2.71. The minimum absolute atomic E-state index is 0.0112. The first kappa shape index (κ1) is 28.7. The van der Waals surface area contributed by atoms with Crippen LogP contribution in [0.1, 0.15) is 57.3 Å². The highest BCUT2D eigenvalue weighted by molar-refractivity contribution is 6.36. The van der Waals surface area contributed by atoms with Crippen LogP contribution >= 0.6 is 0 Å². The molecule has 0 spiro atoms. The van der Waals surface area contributed by atoms with Gasteiger partial charge in [0, 0.05) is 30.9 Å². The molecule has 2 aliphatic carbocycles. The highest BCUT2D eigenvalue weighted by atomic mass is 16.5. The van der Waals surface area contributed by atoms with Gasteiger partial charge in [0.25, 0.3) is 0 Å². The van der Waals surface area contributed by atoms with Crippen molar-refractivity contribution in [2.45, 2.75) is 53.1 Å². The molecule has 1 saturated carbocycles. The third kappa shape index (κ3) is 4.10. The van der Waals surface area contributed by atoms with E-state index in [9.17, 15) is 24.0 Å². The summed E-state index contributed by atoms with van der Waals surface area (Å²) in [5.74, 6) is -4.17. The van der Waals surface area contributed by atoms with Gasteiger partial charge in [-0.15, -0.1) is 13.2 Å². The van der Waals surface area contributed by atoms with Crippen molar-refractivity contribution >= 4 is 29.3 Å². The third-order valence-corrected chi connectivity index (χ3v) is 7.96. The van der Waals surface area contributed by atoms with Gasteiger partial charge >= 0.3 is 11.9 Å². The second-order valence-electron chi connectivity index (χ2n) is 10.4. The molecule has 0 amide bonds. The molecule has 4 atom stereocenters. The SMILES string of the molecule is C=CCC1=C(OC(C)=O)[C@@]2(CC=C)C[C@@H]([C@@H](C=C)OC(C)=O)C(C)(C)[C@@](C(=O)c3ccccc3)(C1=O)C2=O. The summed E-state index contributed by atoms with van der Waals surface area (Å²) < 4.78 is 11.2. The Bertz CT molecular complexity index is 1250. The van der Waals surface area contributed by atoms with Gasteiger partial charge in [-0.2, -0.15) is 0 Å². The van der Waals surface area contributed by atoms with Gasteiger partial charge in [0.05, 0.1) is 5.41 Å². The van der Waals surface area contributed by atoms with Crippen molar-refractivity contribution in [2.24, 2.45) is 22.2 Å². The maximum absolute atomic E-state index is 14.8. The van der Waals surface area contributed by atoms with Crippen LogP contribution in [0.25, 0.3) is 0 Å². The zero-order chi connectivity index (χ0) is 28.5. The van der Waals surface area contributed by atoms with Gasteiger partial charge in [0.1, 0.15) is 11.9 Å². The molecule has 1 aromatic carbocycles. The fourth-order valence-electron chi connectivity index (χ4n) is 6.33. The summed E-state index contributed by atoms with van der Waals surface area (Å²) in [6, 6.07) is 8.15. The molecule has 0 saturated heterocycles. The molecule has 0 aromatic heterocycles. The first-order valence-electron chi connectivity index (χ1n) is 12.5. The van der Waals surface area contributed by atoms with E-state index in [2.05, 4.69) is 19.7 Å². The maximum atomic E-state index is 14.8. The summed E-state index contributed by atoms with van der Waals surface area (Å²) >= 11 is 0. The molecule has 0 N–H and O–H groups in total. The van der Waals surface area contributed by atoms with Crippen LogP contribution in [0, 0.1) is 22.2 Å². The van der Waals surface area contributed by atoms with E-state index < -0.39 is 57.6 Å². The van der Waals surface area contributed by atoms with Gasteiger partial charge in [-0.25, -0.2) is 0 Å². The summed E-state index contributed by atoms with van der Waals surface area (Å²) in [5, 5.41) is 0. The highest BCUT2D eigenvalue weighted by Gasteiger charge is 2.76. The average Bonchev–Trinajstić information content (AvgIpc) is 2.86. The second-order valence-corrected chi connectivity index (χ2v) is 10.4. The van der Waals surface area contributed by atoms with Crippen LogP contribution in [0.5, 0.6) is 0 Å². The molecule has 200 valence electrons. The Hall–Kier alpha value is -3.87. The van der Waals surface area contributed by atoms with Crippen molar-refractivity contribution in [1.82, 2.24) is 0 Å². The predicted octanol–water partition coefficient (Wildman–Crippen LogP) is 5.13. The van der Waals surface area contributed by atoms with E-state index >= 15 is 0 Å². The molecule has 7 heteroatoms. The van der Waals surface area contributed by atoms with Gasteiger partial charge in [0.15, 0.2) is 22.8 Å². The van der Waals surface area contributed by atoms with Crippen LogP contribution in [0.2, 0.25) is 0 Å². The van der Waals surface area contributed by atoms with Gasteiger partial charge in [-0.05, 0) is 24.7 Å². The Morgan fingerprint density at radius 3 is 2.16 bits per heavy atom. The molecule has 38 heavy (non-hydrogen) atoms. The molecule has 1 aromatic rings. The number of hydrogen-bond acceptors (Lipinski definition) is 7. The van der Waals surface area contributed by atoms with E-state index in [-0.39, 0.29) is 36.2 Å². The average molecular weight is 519 g/mol. The highest BCUT2D eigenvalue weighted by Crippen LogP contribution is 2.66. The van der Waals surface area contributed by atoms with Crippen molar-refractivity contribution in [3.05, 3.63) is 85.2 Å². The van der Waals surface area contributed by atoms with E-state index in [4.69, 9.17) is 9.47 Å². The van der Waals surface area contributed by atoms with Crippen LogP contribution in [0.4, 0.5) is 0 Å².